The van der Waals surface area contributed by atoms with Crippen molar-refractivity contribution in [1.29, 1.82) is 0 Å². The van der Waals surface area contributed by atoms with Gasteiger partial charge in [0.05, 0.1) is 10.6 Å². The minimum atomic E-state index is 0.760. The molecule has 4 heteroatoms. The highest BCUT2D eigenvalue weighted by molar-refractivity contribution is 9.10. The van der Waals surface area contributed by atoms with Gasteiger partial charge in [0.15, 0.2) is 0 Å². The van der Waals surface area contributed by atoms with Gasteiger partial charge in [0.1, 0.15) is 5.69 Å². The normalized spacial score (nSPS) is 10.4. The van der Waals surface area contributed by atoms with E-state index in [1.54, 1.807) is 17.5 Å². The van der Waals surface area contributed by atoms with E-state index in [9.17, 15) is 0 Å². The number of nitrogen functional groups attached to an aromatic ring is 1. The van der Waals surface area contributed by atoms with Gasteiger partial charge in [-0.2, -0.15) is 0 Å². The molecule has 0 aromatic carbocycles. The van der Waals surface area contributed by atoms with Crippen molar-refractivity contribution < 1.29 is 0 Å². The summed E-state index contributed by atoms with van der Waals surface area (Å²) in [5.41, 5.74) is 8.66. The lowest BCUT2D eigenvalue weighted by molar-refractivity contribution is 1.30. The fourth-order valence-electron chi connectivity index (χ4n) is 1.21. The van der Waals surface area contributed by atoms with E-state index in [0.29, 0.717) is 0 Å². The third kappa shape index (κ3) is 1.55. The molecule has 2 aromatic rings. The lowest BCUT2D eigenvalue weighted by Crippen LogP contribution is -1.95. The van der Waals surface area contributed by atoms with Crippen LogP contribution < -0.4 is 5.73 Å². The number of hydrogen-bond donors (Lipinski definition) is 1. The van der Waals surface area contributed by atoms with Crippen LogP contribution >= 0.6 is 27.3 Å². The molecule has 0 aliphatic carbocycles. The van der Waals surface area contributed by atoms with Gasteiger partial charge in [-0.1, -0.05) is 0 Å². The van der Waals surface area contributed by atoms with Crippen LogP contribution in [0.15, 0.2) is 28.2 Å². The summed E-state index contributed by atoms with van der Waals surface area (Å²) in [6.45, 7) is 1.99. The SMILES string of the molecule is Cc1ccnc(-c2sccc2Br)c1N. The fraction of sp³-hybridized carbons (Fsp3) is 0.100. The maximum atomic E-state index is 5.97. The Labute approximate surface area is 94.9 Å². The molecule has 0 unspecified atom stereocenters. The van der Waals surface area contributed by atoms with Crippen LogP contribution in [0.3, 0.4) is 0 Å². The molecule has 0 radical (unpaired) electrons. The predicted molar refractivity (Wildman–Crippen MR) is 64.4 cm³/mol. The van der Waals surface area contributed by atoms with Crippen LogP contribution in [0, 0.1) is 6.92 Å². The van der Waals surface area contributed by atoms with Crippen LogP contribution in [0.4, 0.5) is 5.69 Å². The Morgan fingerprint density at radius 1 is 1.43 bits per heavy atom. The largest absolute Gasteiger partial charge is 0.397 e. The topological polar surface area (TPSA) is 38.9 Å². The van der Waals surface area contributed by atoms with Crippen LogP contribution in [0.25, 0.3) is 10.6 Å². The molecular weight excluding hydrogens is 260 g/mol. The number of aryl methyl sites for hydroxylation is 1. The molecule has 72 valence electrons. The average molecular weight is 269 g/mol. The van der Waals surface area contributed by atoms with E-state index >= 15 is 0 Å². The Bertz CT molecular complexity index is 465. The van der Waals surface area contributed by atoms with Gasteiger partial charge in [-0.05, 0) is 45.9 Å². The van der Waals surface area contributed by atoms with Crippen LogP contribution in [-0.4, -0.2) is 4.98 Å². The number of pyridine rings is 1. The van der Waals surface area contributed by atoms with Crippen LogP contribution in [0.1, 0.15) is 5.56 Å². The summed E-state index contributed by atoms with van der Waals surface area (Å²) < 4.78 is 1.05. The van der Waals surface area contributed by atoms with E-state index in [1.165, 1.54) is 0 Å². The lowest BCUT2D eigenvalue weighted by Gasteiger charge is -2.05. The third-order valence-electron chi connectivity index (χ3n) is 2.04. The Hall–Kier alpha value is -0.870. The summed E-state index contributed by atoms with van der Waals surface area (Å²) in [7, 11) is 0. The van der Waals surface area contributed by atoms with Gasteiger partial charge in [0.25, 0.3) is 0 Å². The summed E-state index contributed by atoms with van der Waals surface area (Å²) >= 11 is 5.11. The highest BCUT2D eigenvalue weighted by Gasteiger charge is 2.10. The van der Waals surface area contributed by atoms with Crippen molar-refractivity contribution in [2.75, 3.05) is 5.73 Å². The number of nitrogens with zero attached hydrogens (tertiary/aromatic N) is 1. The number of aromatic nitrogens is 1. The van der Waals surface area contributed by atoms with Gasteiger partial charge in [0.2, 0.25) is 0 Å². The summed E-state index contributed by atoms with van der Waals surface area (Å²) in [5, 5.41) is 2.02. The fourth-order valence-corrected chi connectivity index (χ4v) is 2.78. The molecule has 2 aromatic heterocycles. The van der Waals surface area contributed by atoms with Gasteiger partial charge >= 0.3 is 0 Å². The molecule has 0 saturated heterocycles. The smallest absolute Gasteiger partial charge is 0.104 e. The molecule has 2 N–H and O–H groups in total. The maximum absolute atomic E-state index is 5.97. The van der Waals surface area contributed by atoms with Crippen LogP contribution in [0.2, 0.25) is 0 Å². The van der Waals surface area contributed by atoms with E-state index in [2.05, 4.69) is 20.9 Å². The number of rotatable bonds is 1. The predicted octanol–water partition coefficient (Wildman–Crippen LogP) is 3.46. The molecular formula is C10H9BrN2S. The van der Waals surface area contributed by atoms with E-state index in [1.807, 2.05) is 24.4 Å². The van der Waals surface area contributed by atoms with E-state index in [4.69, 9.17) is 5.73 Å². The highest BCUT2D eigenvalue weighted by Crippen LogP contribution is 2.35. The average Bonchev–Trinajstić information content (AvgIpc) is 2.57. The Balaban J connectivity index is 2.63. The second-order valence-corrected chi connectivity index (χ2v) is 4.76. The number of hydrogen-bond acceptors (Lipinski definition) is 3. The number of thiophene rings is 1. The van der Waals surface area contributed by atoms with Crippen molar-refractivity contribution in [2.45, 2.75) is 6.92 Å². The molecule has 0 atom stereocenters. The first-order chi connectivity index (χ1) is 6.70. The van der Waals surface area contributed by atoms with Gasteiger partial charge in [-0.15, -0.1) is 11.3 Å². The highest BCUT2D eigenvalue weighted by atomic mass is 79.9. The van der Waals surface area contributed by atoms with Gasteiger partial charge in [0, 0.05) is 10.7 Å². The van der Waals surface area contributed by atoms with Crippen molar-refractivity contribution >= 4 is 33.0 Å². The third-order valence-corrected chi connectivity index (χ3v) is 3.88. The standard InChI is InChI=1S/C10H9BrN2S/c1-6-2-4-13-9(8(6)12)10-7(11)3-5-14-10/h2-5H,12H2,1H3. The molecule has 0 aliphatic rings. The van der Waals surface area contributed by atoms with E-state index < -0.39 is 0 Å². The van der Waals surface area contributed by atoms with Crippen molar-refractivity contribution in [3.63, 3.8) is 0 Å². The molecule has 0 bridgehead atoms. The van der Waals surface area contributed by atoms with Crippen molar-refractivity contribution in [3.05, 3.63) is 33.7 Å². The summed E-state index contributed by atoms with van der Waals surface area (Å²) in [4.78, 5) is 5.39. The van der Waals surface area contributed by atoms with Crippen LogP contribution in [-0.2, 0) is 0 Å². The number of halogens is 1. The molecule has 2 nitrogen and oxygen atoms in total. The van der Waals surface area contributed by atoms with Crippen molar-refractivity contribution in [2.24, 2.45) is 0 Å². The monoisotopic (exact) mass is 268 g/mol. The Kier molecular flexibility index (Phi) is 2.56. The molecule has 2 rings (SSSR count). The van der Waals surface area contributed by atoms with Crippen molar-refractivity contribution in [1.82, 2.24) is 4.98 Å². The Morgan fingerprint density at radius 2 is 2.21 bits per heavy atom. The van der Waals surface area contributed by atoms with Gasteiger partial charge in [-0.25, -0.2) is 0 Å². The van der Waals surface area contributed by atoms with E-state index in [-0.39, 0.29) is 0 Å². The molecule has 14 heavy (non-hydrogen) atoms. The minimum Gasteiger partial charge on any atom is -0.397 e. The number of anilines is 1. The number of nitrogens with two attached hydrogens (primary N) is 1. The molecule has 0 spiro atoms. The molecule has 0 aliphatic heterocycles. The first-order valence-electron chi connectivity index (χ1n) is 4.14. The van der Waals surface area contributed by atoms with Gasteiger partial charge < -0.3 is 5.73 Å². The summed E-state index contributed by atoms with van der Waals surface area (Å²) in [5.74, 6) is 0. The summed E-state index contributed by atoms with van der Waals surface area (Å²) in [6, 6.07) is 3.92. The quantitative estimate of drug-likeness (QED) is 0.861. The first kappa shape index (κ1) is 9.68. The second-order valence-electron chi connectivity index (χ2n) is 2.99. The van der Waals surface area contributed by atoms with Crippen molar-refractivity contribution in [3.8, 4) is 10.6 Å². The maximum Gasteiger partial charge on any atom is 0.104 e. The zero-order valence-electron chi connectivity index (χ0n) is 7.62. The zero-order chi connectivity index (χ0) is 10.1. The molecule has 0 fully saturated rings. The molecule has 0 amide bonds. The van der Waals surface area contributed by atoms with E-state index in [0.717, 1.165) is 26.3 Å². The minimum absolute atomic E-state index is 0.760. The summed E-state index contributed by atoms with van der Waals surface area (Å²) in [6.07, 6.45) is 1.78. The molecule has 2 heterocycles. The first-order valence-corrected chi connectivity index (χ1v) is 5.82. The Morgan fingerprint density at radius 3 is 2.86 bits per heavy atom. The van der Waals surface area contributed by atoms with Crippen LogP contribution in [0.5, 0.6) is 0 Å². The zero-order valence-corrected chi connectivity index (χ0v) is 10.0. The molecule has 0 saturated carbocycles. The second kappa shape index (κ2) is 3.71. The lowest BCUT2D eigenvalue weighted by atomic mass is 10.2. The van der Waals surface area contributed by atoms with Gasteiger partial charge in [-0.3, -0.25) is 4.98 Å².